The molecule has 0 bridgehead atoms. The Hall–Kier alpha value is -4.73. The van der Waals surface area contributed by atoms with E-state index in [1.807, 2.05) is 12.1 Å². The Bertz CT molecular complexity index is 1430. The van der Waals surface area contributed by atoms with Crippen molar-refractivity contribution < 1.29 is 27.8 Å². The fraction of sp³-hybridized carbons (Fsp3) is 0.115. The van der Waals surface area contributed by atoms with Crippen molar-refractivity contribution in [3.8, 4) is 11.5 Å². The third-order valence-electron chi connectivity index (χ3n) is 5.34. The van der Waals surface area contributed by atoms with Crippen LogP contribution in [0.5, 0.6) is 11.5 Å². The van der Waals surface area contributed by atoms with Crippen molar-refractivity contribution in [3.63, 3.8) is 0 Å². The van der Waals surface area contributed by atoms with Crippen LogP contribution in [-0.2, 0) is 11.2 Å². The highest BCUT2D eigenvalue weighted by molar-refractivity contribution is 5.97. The van der Waals surface area contributed by atoms with Gasteiger partial charge in [-0.05, 0) is 54.1 Å². The molecule has 0 unspecified atom stereocenters. The van der Waals surface area contributed by atoms with Gasteiger partial charge in [-0.3, -0.25) is 25.4 Å². The second-order valence-corrected chi connectivity index (χ2v) is 7.71. The van der Waals surface area contributed by atoms with E-state index in [1.54, 1.807) is 50.7 Å². The lowest BCUT2D eigenvalue weighted by Gasteiger charge is -2.13. The molecule has 4 aromatic rings. The summed E-state index contributed by atoms with van der Waals surface area (Å²) >= 11 is 0. The molecule has 0 spiro atoms. The van der Waals surface area contributed by atoms with Crippen LogP contribution >= 0.6 is 0 Å². The zero-order chi connectivity index (χ0) is 25.7. The van der Waals surface area contributed by atoms with Gasteiger partial charge in [0, 0.05) is 34.6 Å². The van der Waals surface area contributed by atoms with Crippen LogP contribution in [0, 0.1) is 11.6 Å². The molecule has 0 atom stereocenters. The van der Waals surface area contributed by atoms with Gasteiger partial charge in [0.1, 0.15) is 0 Å². The minimum absolute atomic E-state index is 0.225. The van der Waals surface area contributed by atoms with E-state index < -0.39 is 23.4 Å². The number of halogens is 2. The molecular weight excluding hydrogens is 470 g/mol. The second kappa shape index (κ2) is 10.7. The highest BCUT2D eigenvalue weighted by Gasteiger charge is 2.12. The monoisotopic (exact) mass is 492 g/mol. The van der Waals surface area contributed by atoms with E-state index in [4.69, 9.17) is 9.47 Å². The molecule has 10 heteroatoms. The highest BCUT2D eigenvalue weighted by atomic mass is 19.2. The number of anilines is 2. The summed E-state index contributed by atoms with van der Waals surface area (Å²) in [6.45, 7) is 0. The first kappa shape index (κ1) is 24.4. The Labute approximate surface area is 205 Å². The van der Waals surface area contributed by atoms with Gasteiger partial charge in [0.2, 0.25) is 5.91 Å². The molecule has 8 nitrogen and oxygen atoms in total. The van der Waals surface area contributed by atoms with Gasteiger partial charge < -0.3 is 14.8 Å². The summed E-state index contributed by atoms with van der Waals surface area (Å²) in [5.41, 5.74) is 7.35. The van der Waals surface area contributed by atoms with Gasteiger partial charge in [0.25, 0.3) is 5.91 Å². The molecule has 0 aliphatic rings. The number of fused-ring (bicyclic) bond motifs is 1. The van der Waals surface area contributed by atoms with Crippen LogP contribution in [0.25, 0.3) is 10.9 Å². The number of nitrogens with one attached hydrogen (secondary N) is 3. The number of pyridine rings is 1. The molecule has 2 amide bonds. The smallest absolute Gasteiger partial charge is 0.269 e. The fourth-order valence-corrected chi connectivity index (χ4v) is 3.52. The lowest BCUT2D eigenvalue weighted by Crippen LogP contribution is -2.42. The predicted molar refractivity (Wildman–Crippen MR) is 130 cm³/mol. The summed E-state index contributed by atoms with van der Waals surface area (Å²) in [6.07, 6.45) is 1.44. The third kappa shape index (κ3) is 5.49. The number of nitrogens with zero attached hydrogens (tertiary/aromatic N) is 1. The molecule has 184 valence electrons. The summed E-state index contributed by atoms with van der Waals surface area (Å²) < 4.78 is 37.0. The Kier molecular flexibility index (Phi) is 7.24. The Balaban J connectivity index is 1.39. The first-order chi connectivity index (χ1) is 17.4. The van der Waals surface area contributed by atoms with Crippen molar-refractivity contribution in [1.82, 2.24) is 15.8 Å². The zero-order valence-corrected chi connectivity index (χ0v) is 19.4. The van der Waals surface area contributed by atoms with Crippen LogP contribution in [0.15, 0.2) is 66.9 Å². The van der Waals surface area contributed by atoms with E-state index in [0.717, 1.165) is 28.9 Å². The van der Waals surface area contributed by atoms with Gasteiger partial charge in [-0.15, -0.1) is 0 Å². The predicted octanol–water partition coefficient (Wildman–Crippen LogP) is 4.28. The Morgan fingerprint density at radius 2 is 1.58 bits per heavy atom. The van der Waals surface area contributed by atoms with Crippen molar-refractivity contribution >= 4 is 34.1 Å². The van der Waals surface area contributed by atoms with E-state index in [2.05, 4.69) is 21.2 Å². The number of carbonyl (C=O) groups is 2. The van der Waals surface area contributed by atoms with Crippen LogP contribution in [0.3, 0.4) is 0 Å². The molecule has 0 saturated heterocycles. The average molecular weight is 492 g/mol. The number of ether oxygens (including phenoxy) is 2. The topological polar surface area (TPSA) is 102 Å². The van der Waals surface area contributed by atoms with E-state index in [1.165, 1.54) is 6.07 Å². The molecule has 0 aliphatic heterocycles. The Morgan fingerprint density at radius 1 is 0.861 bits per heavy atom. The summed E-state index contributed by atoms with van der Waals surface area (Å²) in [4.78, 5) is 28.8. The molecule has 0 fully saturated rings. The standard InChI is InChI=1S/C26H22F2N4O4/c1-35-23-13-18-21(9-10-29-22(18)14-24(23)36-2)30-17-6-4-16(5-7-17)26(34)32-31-25(33)12-15-3-8-19(27)20(28)11-15/h3-11,13-14H,12H2,1-2H3,(H,29,30)(H,31,33)(H,32,34). The number of methoxy groups -OCH3 is 2. The first-order valence-electron chi connectivity index (χ1n) is 10.8. The van der Waals surface area contributed by atoms with E-state index in [-0.39, 0.29) is 12.0 Å². The maximum atomic E-state index is 13.3. The lowest BCUT2D eigenvalue weighted by atomic mass is 10.1. The van der Waals surface area contributed by atoms with Crippen molar-refractivity contribution in [2.45, 2.75) is 6.42 Å². The van der Waals surface area contributed by atoms with Crippen molar-refractivity contribution in [2.24, 2.45) is 0 Å². The van der Waals surface area contributed by atoms with Crippen LogP contribution in [0.1, 0.15) is 15.9 Å². The molecule has 0 aliphatic carbocycles. The van der Waals surface area contributed by atoms with Crippen molar-refractivity contribution in [2.75, 3.05) is 19.5 Å². The van der Waals surface area contributed by atoms with Gasteiger partial charge in [-0.25, -0.2) is 8.78 Å². The van der Waals surface area contributed by atoms with Gasteiger partial charge in [0.05, 0.1) is 26.2 Å². The molecule has 3 N–H and O–H groups in total. The number of hydrogen-bond acceptors (Lipinski definition) is 6. The largest absolute Gasteiger partial charge is 0.493 e. The van der Waals surface area contributed by atoms with Gasteiger partial charge in [0.15, 0.2) is 23.1 Å². The van der Waals surface area contributed by atoms with Gasteiger partial charge in [-0.1, -0.05) is 6.07 Å². The molecule has 36 heavy (non-hydrogen) atoms. The zero-order valence-electron chi connectivity index (χ0n) is 19.4. The first-order valence-corrected chi connectivity index (χ1v) is 10.8. The quantitative estimate of drug-likeness (QED) is 0.333. The third-order valence-corrected chi connectivity index (χ3v) is 5.34. The summed E-state index contributed by atoms with van der Waals surface area (Å²) in [6, 6.07) is 15.2. The number of hydrazine groups is 1. The minimum Gasteiger partial charge on any atom is -0.493 e. The summed E-state index contributed by atoms with van der Waals surface area (Å²) in [5.74, 6) is -2.02. The molecule has 0 radical (unpaired) electrons. The average Bonchev–Trinajstić information content (AvgIpc) is 2.89. The number of carbonyl (C=O) groups excluding carboxylic acids is 2. The molecule has 4 rings (SSSR count). The van der Waals surface area contributed by atoms with Gasteiger partial charge >= 0.3 is 0 Å². The molecular formula is C26H22F2N4O4. The van der Waals surface area contributed by atoms with Gasteiger partial charge in [-0.2, -0.15) is 0 Å². The Morgan fingerprint density at radius 3 is 2.28 bits per heavy atom. The normalized spacial score (nSPS) is 10.6. The summed E-state index contributed by atoms with van der Waals surface area (Å²) in [5, 5.41) is 4.11. The maximum Gasteiger partial charge on any atom is 0.269 e. The highest BCUT2D eigenvalue weighted by Crippen LogP contribution is 2.35. The minimum atomic E-state index is -1.04. The van der Waals surface area contributed by atoms with Crippen LogP contribution in [0.4, 0.5) is 20.2 Å². The second-order valence-electron chi connectivity index (χ2n) is 7.71. The SMILES string of the molecule is COc1cc2nccc(Nc3ccc(C(=O)NNC(=O)Cc4ccc(F)c(F)c4)cc3)c2cc1OC. The number of amides is 2. The fourth-order valence-electron chi connectivity index (χ4n) is 3.52. The van der Waals surface area contributed by atoms with Crippen molar-refractivity contribution in [1.29, 1.82) is 0 Å². The van der Waals surface area contributed by atoms with Crippen LogP contribution < -0.4 is 25.6 Å². The van der Waals surface area contributed by atoms with Crippen LogP contribution in [-0.4, -0.2) is 31.0 Å². The molecule has 3 aromatic carbocycles. The molecule has 0 saturated carbocycles. The van der Waals surface area contributed by atoms with E-state index >= 15 is 0 Å². The number of rotatable bonds is 7. The van der Waals surface area contributed by atoms with Crippen molar-refractivity contribution in [3.05, 3.63) is 89.6 Å². The van der Waals surface area contributed by atoms with Crippen LogP contribution in [0.2, 0.25) is 0 Å². The number of hydrogen-bond donors (Lipinski definition) is 3. The molecule has 1 heterocycles. The lowest BCUT2D eigenvalue weighted by molar-refractivity contribution is -0.121. The molecule has 1 aromatic heterocycles. The summed E-state index contributed by atoms with van der Waals surface area (Å²) in [7, 11) is 3.11. The number of benzene rings is 3. The maximum absolute atomic E-state index is 13.3. The van der Waals surface area contributed by atoms with E-state index in [9.17, 15) is 18.4 Å². The van der Waals surface area contributed by atoms with E-state index in [0.29, 0.717) is 22.6 Å². The number of aromatic nitrogens is 1.